The van der Waals surface area contributed by atoms with Gasteiger partial charge in [-0.2, -0.15) is 0 Å². The van der Waals surface area contributed by atoms with Crippen molar-refractivity contribution in [3.63, 3.8) is 0 Å². The molecule has 13 heavy (non-hydrogen) atoms. The van der Waals surface area contributed by atoms with Crippen LogP contribution in [0.1, 0.15) is 59.3 Å². The summed E-state index contributed by atoms with van der Waals surface area (Å²) in [5.41, 5.74) is -0.343. The minimum atomic E-state index is -0.343. The molecule has 1 nitrogen and oxygen atoms in total. The van der Waals surface area contributed by atoms with Crippen LogP contribution in [0.4, 0.5) is 0 Å². The van der Waals surface area contributed by atoms with Crippen molar-refractivity contribution in [3.05, 3.63) is 0 Å². The molecule has 0 aliphatic heterocycles. The molecule has 1 aliphatic carbocycles. The van der Waals surface area contributed by atoms with Crippen molar-refractivity contribution in [2.24, 2.45) is 11.8 Å². The van der Waals surface area contributed by atoms with E-state index in [0.29, 0.717) is 5.92 Å². The van der Waals surface area contributed by atoms with Crippen molar-refractivity contribution < 1.29 is 5.11 Å². The van der Waals surface area contributed by atoms with E-state index in [1.807, 2.05) is 0 Å². The van der Waals surface area contributed by atoms with Crippen molar-refractivity contribution in [2.45, 2.75) is 64.9 Å². The van der Waals surface area contributed by atoms with Crippen LogP contribution in [0.5, 0.6) is 0 Å². The van der Waals surface area contributed by atoms with Crippen LogP contribution in [0.3, 0.4) is 0 Å². The molecule has 1 N–H and O–H groups in total. The molecule has 1 fully saturated rings. The first kappa shape index (κ1) is 11.0. The largest absolute Gasteiger partial charge is 0.390 e. The average Bonchev–Trinajstić information content (AvgIpc) is 2.09. The molecule has 0 unspecified atom stereocenters. The fraction of sp³-hybridized carbons (Fsp3) is 1.00. The fourth-order valence-corrected chi connectivity index (χ4v) is 2.45. The minimum Gasteiger partial charge on any atom is -0.390 e. The maximum atomic E-state index is 10.2. The van der Waals surface area contributed by atoms with Crippen LogP contribution in [0.15, 0.2) is 0 Å². The van der Waals surface area contributed by atoms with Crippen molar-refractivity contribution in [2.75, 3.05) is 0 Å². The van der Waals surface area contributed by atoms with Crippen LogP contribution < -0.4 is 0 Å². The number of hydrogen-bond donors (Lipinski definition) is 1. The Hall–Kier alpha value is -0.0400. The molecule has 0 bridgehead atoms. The zero-order valence-corrected chi connectivity index (χ0v) is 9.34. The molecule has 1 rings (SSSR count). The van der Waals surface area contributed by atoms with Gasteiger partial charge in [-0.15, -0.1) is 0 Å². The number of rotatable bonds is 3. The molecule has 78 valence electrons. The smallest absolute Gasteiger partial charge is 0.0670 e. The van der Waals surface area contributed by atoms with Gasteiger partial charge in [-0.25, -0.2) is 0 Å². The summed E-state index contributed by atoms with van der Waals surface area (Å²) in [6.07, 6.45) is 7.18. The summed E-state index contributed by atoms with van der Waals surface area (Å²) < 4.78 is 0. The highest BCUT2D eigenvalue weighted by atomic mass is 16.3. The highest BCUT2D eigenvalue weighted by Crippen LogP contribution is 2.38. The van der Waals surface area contributed by atoms with Crippen molar-refractivity contribution >= 4 is 0 Å². The van der Waals surface area contributed by atoms with E-state index in [4.69, 9.17) is 0 Å². The van der Waals surface area contributed by atoms with Crippen LogP contribution in [-0.2, 0) is 0 Å². The van der Waals surface area contributed by atoms with Crippen LogP contribution in [0.25, 0.3) is 0 Å². The van der Waals surface area contributed by atoms with E-state index in [2.05, 4.69) is 20.8 Å². The third-order valence-electron chi connectivity index (χ3n) is 3.74. The summed E-state index contributed by atoms with van der Waals surface area (Å²) in [5, 5.41) is 10.2. The molecule has 0 atom stereocenters. The molecule has 1 saturated carbocycles. The molecular formula is C12H24O. The molecule has 0 amide bonds. The van der Waals surface area contributed by atoms with Crippen molar-refractivity contribution in [3.8, 4) is 0 Å². The van der Waals surface area contributed by atoms with E-state index >= 15 is 0 Å². The molecule has 0 aromatic rings. The Balaban J connectivity index is 2.37. The lowest BCUT2D eigenvalue weighted by molar-refractivity contribution is -0.0485. The summed E-state index contributed by atoms with van der Waals surface area (Å²) in [7, 11) is 0. The third-order valence-corrected chi connectivity index (χ3v) is 3.74. The Morgan fingerprint density at radius 1 is 1.31 bits per heavy atom. The Labute approximate surface area is 82.5 Å². The summed E-state index contributed by atoms with van der Waals surface area (Å²) in [6.45, 7) is 6.53. The first-order chi connectivity index (χ1) is 6.08. The van der Waals surface area contributed by atoms with Crippen LogP contribution in [-0.4, -0.2) is 10.7 Å². The summed E-state index contributed by atoms with van der Waals surface area (Å²) in [4.78, 5) is 0. The van der Waals surface area contributed by atoms with Crippen LogP contribution in [0.2, 0.25) is 0 Å². The van der Waals surface area contributed by atoms with Gasteiger partial charge in [-0.3, -0.25) is 0 Å². The van der Waals surface area contributed by atoms with Crippen LogP contribution in [0, 0.1) is 11.8 Å². The highest BCUT2D eigenvalue weighted by molar-refractivity contribution is 4.87. The Morgan fingerprint density at radius 3 is 2.23 bits per heavy atom. The van der Waals surface area contributed by atoms with Gasteiger partial charge in [0, 0.05) is 0 Å². The molecule has 0 aromatic carbocycles. The van der Waals surface area contributed by atoms with Gasteiger partial charge in [0.2, 0.25) is 0 Å². The van der Waals surface area contributed by atoms with E-state index in [1.165, 1.54) is 25.7 Å². The topological polar surface area (TPSA) is 20.2 Å². The lowest BCUT2D eigenvalue weighted by atomic mass is 9.72. The molecule has 0 radical (unpaired) electrons. The standard InChI is InChI=1S/C12H24O/c1-4-5-11-6-8-12(13,9-7-11)10(2)3/h10-11,13H,4-9H2,1-3H3. The first-order valence-electron chi connectivity index (χ1n) is 5.81. The Morgan fingerprint density at radius 2 is 1.85 bits per heavy atom. The van der Waals surface area contributed by atoms with E-state index in [-0.39, 0.29) is 5.60 Å². The second kappa shape index (κ2) is 4.45. The normalized spacial score (nSPS) is 35.3. The third kappa shape index (κ3) is 2.70. The predicted octanol–water partition coefficient (Wildman–Crippen LogP) is 3.36. The lowest BCUT2D eigenvalue weighted by Crippen LogP contribution is -2.39. The van der Waals surface area contributed by atoms with Crippen LogP contribution >= 0.6 is 0 Å². The maximum absolute atomic E-state index is 10.2. The SMILES string of the molecule is CCCC1CCC(O)(C(C)C)CC1. The Bertz CT molecular complexity index is 143. The second-order valence-corrected chi connectivity index (χ2v) is 4.99. The van der Waals surface area contributed by atoms with E-state index in [0.717, 1.165) is 18.8 Å². The number of hydrogen-bond acceptors (Lipinski definition) is 1. The molecule has 1 aliphatic rings. The quantitative estimate of drug-likeness (QED) is 0.713. The van der Waals surface area contributed by atoms with Gasteiger partial charge in [-0.05, 0) is 37.5 Å². The van der Waals surface area contributed by atoms with Gasteiger partial charge in [0.1, 0.15) is 0 Å². The maximum Gasteiger partial charge on any atom is 0.0670 e. The molecule has 0 aromatic heterocycles. The zero-order valence-electron chi connectivity index (χ0n) is 9.34. The predicted molar refractivity (Wildman–Crippen MR) is 56.7 cm³/mol. The molecular weight excluding hydrogens is 160 g/mol. The van der Waals surface area contributed by atoms with Gasteiger partial charge in [0.25, 0.3) is 0 Å². The molecule has 0 heterocycles. The summed E-state index contributed by atoms with van der Waals surface area (Å²) >= 11 is 0. The Kier molecular flexibility index (Phi) is 3.78. The minimum absolute atomic E-state index is 0.343. The molecule has 0 spiro atoms. The van der Waals surface area contributed by atoms with E-state index in [1.54, 1.807) is 0 Å². The average molecular weight is 184 g/mol. The van der Waals surface area contributed by atoms with Crippen molar-refractivity contribution in [1.82, 2.24) is 0 Å². The fourth-order valence-electron chi connectivity index (χ4n) is 2.45. The lowest BCUT2D eigenvalue weighted by Gasteiger charge is -2.39. The molecule has 0 saturated heterocycles. The van der Waals surface area contributed by atoms with Crippen molar-refractivity contribution in [1.29, 1.82) is 0 Å². The number of aliphatic hydroxyl groups is 1. The first-order valence-corrected chi connectivity index (χ1v) is 5.81. The summed E-state index contributed by atoms with van der Waals surface area (Å²) in [6, 6.07) is 0. The second-order valence-electron chi connectivity index (χ2n) is 4.99. The zero-order chi connectivity index (χ0) is 9.90. The van der Waals surface area contributed by atoms with Gasteiger partial charge in [-0.1, -0.05) is 33.6 Å². The van der Waals surface area contributed by atoms with Gasteiger partial charge in [0.15, 0.2) is 0 Å². The van der Waals surface area contributed by atoms with Gasteiger partial charge in [0.05, 0.1) is 5.60 Å². The van der Waals surface area contributed by atoms with Gasteiger partial charge >= 0.3 is 0 Å². The monoisotopic (exact) mass is 184 g/mol. The highest BCUT2D eigenvalue weighted by Gasteiger charge is 2.35. The van der Waals surface area contributed by atoms with E-state index < -0.39 is 0 Å². The summed E-state index contributed by atoms with van der Waals surface area (Å²) in [5.74, 6) is 1.32. The van der Waals surface area contributed by atoms with Gasteiger partial charge < -0.3 is 5.11 Å². The molecule has 1 heteroatoms. The van der Waals surface area contributed by atoms with E-state index in [9.17, 15) is 5.11 Å².